The Labute approximate surface area is 166 Å². The molecule has 1 unspecified atom stereocenters. The number of nitrogens with zero attached hydrogens (tertiary/aromatic N) is 4. The topological polar surface area (TPSA) is 109 Å². The molecule has 0 radical (unpaired) electrons. The minimum absolute atomic E-state index is 0.0713. The zero-order chi connectivity index (χ0) is 20.3. The quantitative estimate of drug-likeness (QED) is 0.839. The second-order valence-corrected chi connectivity index (χ2v) is 8.18. The molecule has 7 heteroatoms. The fourth-order valence-electron chi connectivity index (χ4n) is 4.35. The normalized spacial score (nSPS) is 20.9. The zero-order valence-corrected chi connectivity index (χ0v) is 17.1. The Hall–Kier alpha value is -2.17. The van der Waals surface area contributed by atoms with Crippen molar-refractivity contribution >= 4 is 11.5 Å². The van der Waals surface area contributed by atoms with Gasteiger partial charge in [0, 0.05) is 17.6 Å². The van der Waals surface area contributed by atoms with E-state index in [1.165, 1.54) is 6.42 Å². The highest BCUT2D eigenvalue weighted by Crippen LogP contribution is 2.49. The molecule has 1 saturated carbocycles. The van der Waals surface area contributed by atoms with E-state index in [1.54, 1.807) is 6.20 Å². The van der Waals surface area contributed by atoms with Gasteiger partial charge >= 0.3 is 0 Å². The third kappa shape index (κ3) is 3.71. The molecule has 2 fully saturated rings. The SMILES string of the molecule is CCC1(c2c(C#N)c(C(C)C)c3cnc(N)nn23)CCC1.OC1CCCOC1. The Kier molecular flexibility index (Phi) is 6.21. The van der Waals surface area contributed by atoms with Gasteiger partial charge in [-0.1, -0.05) is 27.2 Å². The van der Waals surface area contributed by atoms with Crippen LogP contribution in [0, 0.1) is 11.3 Å². The molecule has 2 aromatic rings. The van der Waals surface area contributed by atoms with Crippen LogP contribution in [0.4, 0.5) is 5.95 Å². The summed E-state index contributed by atoms with van der Waals surface area (Å²) in [5.41, 5.74) is 9.66. The van der Waals surface area contributed by atoms with Gasteiger partial charge in [-0.25, -0.2) is 9.50 Å². The summed E-state index contributed by atoms with van der Waals surface area (Å²) in [5, 5.41) is 23.0. The maximum atomic E-state index is 9.75. The van der Waals surface area contributed by atoms with Crippen LogP contribution in [-0.2, 0) is 10.2 Å². The zero-order valence-electron chi connectivity index (χ0n) is 17.1. The molecule has 0 spiro atoms. The van der Waals surface area contributed by atoms with Gasteiger partial charge in [-0.3, -0.25) is 0 Å². The van der Waals surface area contributed by atoms with E-state index in [0.717, 1.165) is 61.0 Å². The average molecular weight is 386 g/mol. The second kappa shape index (κ2) is 8.46. The van der Waals surface area contributed by atoms with Crippen LogP contribution >= 0.6 is 0 Å². The van der Waals surface area contributed by atoms with Crippen LogP contribution in [-0.4, -0.2) is 39.0 Å². The van der Waals surface area contributed by atoms with Crippen LogP contribution in [0.3, 0.4) is 0 Å². The maximum absolute atomic E-state index is 9.75. The van der Waals surface area contributed by atoms with E-state index in [9.17, 15) is 5.26 Å². The van der Waals surface area contributed by atoms with Gasteiger partial charge in [-0.15, -0.1) is 5.10 Å². The van der Waals surface area contributed by atoms with Crippen LogP contribution in [0.5, 0.6) is 0 Å². The van der Waals surface area contributed by atoms with Gasteiger partial charge in [0.05, 0.1) is 35.7 Å². The average Bonchev–Trinajstić information content (AvgIpc) is 2.97. The Morgan fingerprint density at radius 2 is 2.18 bits per heavy atom. The molecule has 0 bridgehead atoms. The van der Waals surface area contributed by atoms with Gasteiger partial charge in [-0.2, -0.15) is 5.26 Å². The van der Waals surface area contributed by atoms with Crippen molar-refractivity contribution < 1.29 is 9.84 Å². The highest BCUT2D eigenvalue weighted by Gasteiger charge is 2.43. The Morgan fingerprint density at radius 3 is 2.61 bits per heavy atom. The monoisotopic (exact) mass is 385 g/mol. The van der Waals surface area contributed by atoms with E-state index in [2.05, 4.69) is 36.9 Å². The Bertz CT molecular complexity index is 852. The summed E-state index contributed by atoms with van der Waals surface area (Å²) in [5.74, 6) is 0.508. The van der Waals surface area contributed by atoms with Gasteiger partial charge in [0.15, 0.2) is 0 Å². The van der Waals surface area contributed by atoms with Crippen LogP contribution < -0.4 is 5.73 Å². The maximum Gasteiger partial charge on any atom is 0.238 e. The fraction of sp³-hybridized carbons (Fsp3) is 0.667. The number of aliphatic hydroxyl groups is 1. The summed E-state index contributed by atoms with van der Waals surface area (Å²) in [6.45, 7) is 7.78. The minimum atomic E-state index is -0.186. The largest absolute Gasteiger partial charge is 0.391 e. The van der Waals surface area contributed by atoms with Crippen molar-refractivity contribution in [3.8, 4) is 6.07 Å². The predicted octanol–water partition coefficient (Wildman–Crippen LogP) is 3.30. The lowest BCUT2D eigenvalue weighted by Crippen LogP contribution is -2.36. The van der Waals surface area contributed by atoms with Crippen molar-refractivity contribution in [2.24, 2.45) is 0 Å². The third-order valence-electron chi connectivity index (χ3n) is 6.06. The van der Waals surface area contributed by atoms with Crippen LogP contribution in [0.1, 0.15) is 82.0 Å². The third-order valence-corrected chi connectivity index (χ3v) is 6.06. The molecule has 1 saturated heterocycles. The molecule has 152 valence electrons. The first-order valence-corrected chi connectivity index (χ1v) is 10.3. The molecule has 2 aromatic heterocycles. The predicted molar refractivity (Wildman–Crippen MR) is 108 cm³/mol. The summed E-state index contributed by atoms with van der Waals surface area (Å²) < 4.78 is 6.82. The second-order valence-electron chi connectivity index (χ2n) is 8.18. The molecule has 4 rings (SSSR count). The number of fused-ring (bicyclic) bond motifs is 1. The van der Waals surface area contributed by atoms with E-state index in [1.807, 2.05) is 4.52 Å². The van der Waals surface area contributed by atoms with E-state index in [0.29, 0.717) is 6.61 Å². The molecule has 0 aromatic carbocycles. The molecule has 2 aliphatic rings. The summed E-state index contributed by atoms with van der Waals surface area (Å²) in [6, 6.07) is 2.43. The summed E-state index contributed by atoms with van der Waals surface area (Å²) >= 11 is 0. The number of nitriles is 1. The van der Waals surface area contributed by atoms with Gasteiger partial charge in [-0.05, 0) is 38.0 Å². The molecule has 7 nitrogen and oxygen atoms in total. The van der Waals surface area contributed by atoms with Gasteiger partial charge in [0.25, 0.3) is 0 Å². The van der Waals surface area contributed by atoms with Gasteiger partial charge < -0.3 is 15.6 Å². The summed E-state index contributed by atoms with van der Waals surface area (Å²) in [6.07, 6.45) is 7.97. The number of hydrogen-bond donors (Lipinski definition) is 2. The molecule has 28 heavy (non-hydrogen) atoms. The molecular formula is C21H31N5O2. The number of nitrogen functional groups attached to an aromatic ring is 1. The van der Waals surface area contributed by atoms with Crippen LogP contribution in [0.25, 0.3) is 5.52 Å². The first kappa shape index (κ1) is 20.6. The molecule has 1 aliphatic heterocycles. The van der Waals surface area contributed by atoms with Crippen molar-refractivity contribution in [3.05, 3.63) is 23.0 Å². The first-order chi connectivity index (χ1) is 13.4. The number of rotatable bonds is 3. The standard InChI is InChI=1S/C16H21N5.C5H10O2/c1-4-16(6-5-7-16)14-11(8-17)13(10(2)3)12-9-19-15(18)20-21(12)14;6-5-2-1-3-7-4-5/h9-10H,4-7H2,1-3H3,(H2,18,20);5-6H,1-4H2. The first-order valence-electron chi connectivity index (χ1n) is 10.3. The fourth-order valence-corrected chi connectivity index (χ4v) is 4.35. The number of aliphatic hydroxyl groups excluding tert-OH is 1. The molecule has 3 N–H and O–H groups in total. The highest BCUT2D eigenvalue weighted by atomic mass is 16.5. The molecule has 1 aliphatic carbocycles. The van der Waals surface area contributed by atoms with Crippen LogP contribution in [0.15, 0.2) is 6.20 Å². The molecular weight excluding hydrogens is 354 g/mol. The van der Waals surface area contributed by atoms with Crippen molar-refractivity contribution in [2.45, 2.75) is 76.7 Å². The van der Waals surface area contributed by atoms with Crippen molar-refractivity contribution in [1.29, 1.82) is 5.26 Å². The van der Waals surface area contributed by atoms with Gasteiger partial charge in [0.1, 0.15) is 6.07 Å². The minimum Gasteiger partial charge on any atom is -0.391 e. The number of hydrogen-bond acceptors (Lipinski definition) is 6. The highest BCUT2D eigenvalue weighted by molar-refractivity contribution is 5.67. The van der Waals surface area contributed by atoms with Gasteiger partial charge in [0.2, 0.25) is 5.95 Å². The lowest BCUT2D eigenvalue weighted by molar-refractivity contribution is -0.00535. The number of nitrogens with two attached hydrogens (primary N) is 1. The van der Waals surface area contributed by atoms with Crippen molar-refractivity contribution in [3.63, 3.8) is 0 Å². The number of anilines is 1. The number of aromatic nitrogens is 3. The molecule has 3 heterocycles. The van der Waals surface area contributed by atoms with Crippen molar-refractivity contribution in [2.75, 3.05) is 18.9 Å². The van der Waals surface area contributed by atoms with E-state index < -0.39 is 0 Å². The lowest BCUT2D eigenvalue weighted by Gasteiger charge is -2.41. The Balaban J connectivity index is 0.000000271. The lowest BCUT2D eigenvalue weighted by atomic mass is 9.64. The summed E-state index contributed by atoms with van der Waals surface area (Å²) in [7, 11) is 0. The van der Waals surface area contributed by atoms with E-state index in [4.69, 9.17) is 15.6 Å². The smallest absolute Gasteiger partial charge is 0.238 e. The van der Waals surface area contributed by atoms with E-state index in [-0.39, 0.29) is 23.4 Å². The van der Waals surface area contributed by atoms with E-state index >= 15 is 0 Å². The van der Waals surface area contributed by atoms with Crippen LogP contribution in [0.2, 0.25) is 0 Å². The summed E-state index contributed by atoms with van der Waals surface area (Å²) in [4.78, 5) is 4.13. The number of ether oxygens (including phenoxy) is 1. The molecule has 1 atom stereocenters. The van der Waals surface area contributed by atoms with Crippen molar-refractivity contribution in [1.82, 2.24) is 14.6 Å². The molecule has 0 amide bonds. The Morgan fingerprint density at radius 1 is 1.43 bits per heavy atom.